The summed E-state index contributed by atoms with van der Waals surface area (Å²) in [6, 6.07) is 12.1. The van der Waals surface area contributed by atoms with E-state index in [4.69, 9.17) is 17.3 Å². The number of nitrogens with two attached hydrogens (primary N) is 1. The molecule has 4 heteroatoms. The number of hydrogen-bond acceptors (Lipinski definition) is 2. The van der Waals surface area contributed by atoms with E-state index in [0.29, 0.717) is 17.3 Å². The second-order valence-corrected chi connectivity index (χ2v) is 4.75. The van der Waals surface area contributed by atoms with Crippen LogP contribution in [0.2, 0.25) is 5.02 Å². The van der Waals surface area contributed by atoms with Crippen molar-refractivity contribution >= 4 is 23.0 Å². The van der Waals surface area contributed by atoms with Crippen LogP contribution in [0.3, 0.4) is 0 Å². The molecule has 2 N–H and O–H groups in total. The average Bonchev–Trinajstić information content (AvgIpc) is 2.41. The molecular formula is C15H16ClFN2. The van der Waals surface area contributed by atoms with Crippen molar-refractivity contribution < 1.29 is 4.39 Å². The van der Waals surface area contributed by atoms with E-state index in [1.54, 1.807) is 18.2 Å². The van der Waals surface area contributed by atoms with Gasteiger partial charge in [0.15, 0.2) is 0 Å². The first-order valence-corrected chi connectivity index (χ1v) is 6.52. The lowest BCUT2D eigenvalue weighted by Gasteiger charge is -2.23. The van der Waals surface area contributed by atoms with E-state index in [0.717, 1.165) is 17.8 Å². The standard InChI is InChI=1S/C15H16ClFN2/c1-2-19(13-6-4-12(17)5-7-13)10-11-3-8-15(18)14(16)9-11/h3-9H,2,10,18H2,1H3. The highest BCUT2D eigenvalue weighted by atomic mass is 35.5. The zero-order chi connectivity index (χ0) is 13.8. The summed E-state index contributed by atoms with van der Waals surface area (Å²) in [5.74, 6) is -0.227. The molecule has 2 nitrogen and oxygen atoms in total. The molecule has 0 aromatic heterocycles. The zero-order valence-corrected chi connectivity index (χ0v) is 11.5. The van der Waals surface area contributed by atoms with Gasteiger partial charge in [0, 0.05) is 18.8 Å². The fourth-order valence-electron chi connectivity index (χ4n) is 1.93. The Balaban J connectivity index is 2.18. The smallest absolute Gasteiger partial charge is 0.123 e. The Morgan fingerprint density at radius 2 is 1.84 bits per heavy atom. The molecule has 100 valence electrons. The van der Waals surface area contributed by atoms with Gasteiger partial charge in [-0.3, -0.25) is 0 Å². The van der Waals surface area contributed by atoms with Gasteiger partial charge in [0.1, 0.15) is 5.82 Å². The summed E-state index contributed by atoms with van der Waals surface area (Å²) < 4.78 is 12.9. The van der Waals surface area contributed by atoms with Gasteiger partial charge in [0.2, 0.25) is 0 Å². The fourth-order valence-corrected chi connectivity index (χ4v) is 2.13. The molecule has 0 fully saturated rings. The first-order chi connectivity index (χ1) is 9.10. The molecule has 0 unspecified atom stereocenters. The van der Waals surface area contributed by atoms with Crippen LogP contribution in [0.15, 0.2) is 42.5 Å². The van der Waals surface area contributed by atoms with Gasteiger partial charge < -0.3 is 10.6 Å². The number of halogens is 2. The molecule has 0 aliphatic heterocycles. The van der Waals surface area contributed by atoms with E-state index in [2.05, 4.69) is 11.8 Å². The van der Waals surface area contributed by atoms with Crippen LogP contribution in [0.25, 0.3) is 0 Å². The van der Waals surface area contributed by atoms with Crippen LogP contribution in [0.4, 0.5) is 15.8 Å². The number of benzene rings is 2. The van der Waals surface area contributed by atoms with Crippen molar-refractivity contribution in [3.8, 4) is 0 Å². The maximum atomic E-state index is 12.9. The van der Waals surface area contributed by atoms with Gasteiger partial charge in [-0.2, -0.15) is 0 Å². The molecular weight excluding hydrogens is 263 g/mol. The first-order valence-electron chi connectivity index (χ1n) is 6.14. The van der Waals surface area contributed by atoms with E-state index < -0.39 is 0 Å². The Morgan fingerprint density at radius 3 is 2.42 bits per heavy atom. The molecule has 2 aromatic carbocycles. The van der Waals surface area contributed by atoms with Crippen molar-refractivity contribution in [2.75, 3.05) is 17.2 Å². The molecule has 0 atom stereocenters. The number of rotatable bonds is 4. The van der Waals surface area contributed by atoms with Crippen LogP contribution >= 0.6 is 11.6 Å². The summed E-state index contributed by atoms with van der Waals surface area (Å²) in [4.78, 5) is 2.14. The summed E-state index contributed by atoms with van der Waals surface area (Å²) in [6.07, 6.45) is 0. The molecule has 0 saturated carbocycles. The number of anilines is 2. The summed E-state index contributed by atoms with van der Waals surface area (Å²) in [5, 5.41) is 0.563. The highest BCUT2D eigenvalue weighted by Gasteiger charge is 2.07. The monoisotopic (exact) mass is 278 g/mol. The van der Waals surface area contributed by atoms with E-state index in [1.165, 1.54) is 12.1 Å². The van der Waals surface area contributed by atoms with Crippen molar-refractivity contribution in [1.29, 1.82) is 0 Å². The fraction of sp³-hybridized carbons (Fsp3) is 0.200. The van der Waals surface area contributed by atoms with Crippen molar-refractivity contribution in [1.82, 2.24) is 0 Å². The summed E-state index contributed by atoms with van der Waals surface area (Å²) in [6.45, 7) is 3.60. The summed E-state index contributed by atoms with van der Waals surface area (Å²) in [5.41, 5.74) is 8.33. The Kier molecular flexibility index (Phi) is 4.27. The maximum absolute atomic E-state index is 12.9. The Bertz CT molecular complexity index is 555. The van der Waals surface area contributed by atoms with Crippen LogP contribution < -0.4 is 10.6 Å². The normalized spacial score (nSPS) is 10.5. The van der Waals surface area contributed by atoms with Crippen LogP contribution in [0, 0.1) is 5.82 Å². The van der Waals surface area contributed by atoms with Crippen LogP contribution in [0.5, 0.6) is 0 Å². The molecule has 0 saturated heterocycles. The minimum absolute atomic E-state index is 0.227. The van der Waals surface area contributed by atoms with Gasteiger partial charge in [0.05, 0.1) is 10.7 Å². The second-order valence-electron chi connectivity index (χ2n) is 4.35. The Morgan fingerprint density at radius 1 is 1.16 bits per heavy atom. The lowest BCUT2D eigenvalue weighted by molar-refractivity contribution is 0.627. The molecule has 0 aliphatic rings. The maximum Gasteiger partial charge on any atom is 0.123 e. The molecule has 0 aliphatic carbocycles. The van der Waals surface area contributed by atoms with Crippen LogP contribution in [-0.2, 0) is 6.54 Å². The Hall–Kier alpha value is -1.74. The molecule has 2 rings (SSSR count). The predicted molar refractivity (Wildman–Crippen MR) is 79.0 cm³/mol. The number of nitrogen functional groups attached to an aromatic ring is 1. The van der Waals surface area contributed by atoms with Crippen molar-refractivity contribution in [3.05, 3.63) is 58.9 Å². The molecule has 0 heterocycles. The quantitative estimate of drug-likeness (QED) is 0.854. The van der Waals surface area contributed by atoms with Crippen molar-refractivity contribution in [2.45, 2.75) is 13.5 Å². The topological polar surface area (TPSA) is 29.3 Å². The summed E-state index contributed by atoms with van der Waals surface area (Å²) in [7, 11) is 0. The molecule has 0 amide bonds. The molecule has 19 heavy (non-hydrogen) atoms. The van der Waals surface area contributed by atoms with E-state index >= 15 is 0 Å². The third-order valence-corrected chi connectivity index (χ3v) is 3.34. The largest absolute Gasteiger partial charge is 0.398 e. The van der Waals surface area contributed by atoms with E-state index in [1.807, 2.05) is 12.1 Å². The third-order valence-electron chi connectivity index (χ3n) is 3.01. The van der Waals surface area contributed by atoms with Gasteiger partial charge in [-0.15, -0.1) is 0 Å². The van der Waals surface area contributed by atoms with E-state index in [-0.39, 0.29) is 5.82 Å². The van der Waals surface area contributed by atoms with Crippen LogP contribution in [-0.4, -0.2) is 6.54 Å². The second kappa shape index (κ2) is 5.93. The molecule has 0 radical (unpaired) electrons. The zero-order valence-electron chi connectivity index (χ0n) is 10.7. The number of nitrogens with zero attached hydrogens (tertiary/aromatic N) is 1. The minimum atomic E-state index is -0.227. The van der Waals surface area contributed by atoms with Gasteiger partial charge >= 0.3 is 0 Å². The average molecular weight is 279 g/mol. The van der Waals surface area contributed by atoms with Gasteiger partial charge in [-0.05, 0) is 48.9 Å². The Labute approximate surface area is 117 Å². The van der Waals surface area contributed by atoms with E-state index in [9.17, 15) is 4.39 Å². The molecule has 0 bridgehead atoms. The number of hydrogen-bond donors (Lipinski definition) is 1. The molecule has 0 spiro atoms. The minimum Gasteiger partial charge on any atom is -0.398 e. The van der Waals surface area contributed by atoms with Gasteiger partial charge in [-0.1, -0.05) is 17.7 Å². The lowest BCUT2D eigenvalue weighted by atomic mass is 10.1. The first kappa shape index (κ1) is 13.7. The summed E-state index contributed by atoms with van der Waals surface area (Å²) >= 11 is 6.01. The van der Waals surface area contributed by atoms with Crippen molar-refractivity contribution in [2.24, 2.45) is 0 Å². The van der Waals surface area contributed by atoms with Crippen molar-refractivity contribution in [3.63, 3.8) is 0 Å². The molecule has 2 aromatic rings. The highest BCUT2D eigenvalue weighted by Crippen LogP contribution is 2.22. The highest BCUT2D eigenvalue weighted by molar-refractivity contribution is 6.33. The van der Waals surface area contributed by atoms with Gasteiger partial charge in [-0.25, -0.2) is 4.39 Å². The third kappa shape index (κ3) is 3.38. The van der Waals surface area contributed by atoms with Crippen LogP contribution in [0.1, 0.15) is 12.5 Å². The SMILES string of the molecule is CCN(Cc1ccc(N)c(Cl)c1)c1ccc(F)cc1. The predicted octanol–water partition coefficient (Wildman–Crippen LogP) is 4.09. The van der Waals surface area contributed by atoms with Gasteiger partial charge in [0.25, 0.3) is 0 Å². The lowest BCUT2D eigenvalue weighted by Crippen LogP contribution is -2.21.